The van der Waals surface area contributed by atoms with E-state index < -0.39 is 0 Å². The number of aromatic nitrogens is 1. The molecule has 1 aromatic carbocycles. The van der Waals surface area contributed by atoms with Crippen LogP contribution >= 0.6 is 0 Å². The number of carbonyl (C=O) groups excluding carboxylic acids is 2. The average molecular weight is 437 g/mol. The van der Waals surface area contributed by atoms with Crippen LogP contribution < -0.4 is 0 Å². The van der Waals surface area contributed by atoms with Gasteiger partial charge in [-0.1, -0.05) is 43.4 Å². The number of pyridine rings is 1. The minimum Gasteiger partial charge on any atom is -0.334 e. The highest BCUT2D eigenvalue weighted by molar-refractivity contribution is 5.96. The molecule has 1 aromatic heterocycles. The fraction of sp³-hybridized carbons (Fsp3) is 0.345. The van der Waals surface area contributed by atoms with Crippen molar-refractivity contribution in [2.24, 2.45) is 11.8 Å². The Morgan fingerprint density at radius 3 is 2.76 bits per heavy atom. The van der Waals surface area contributed by atoms with Gasteiger partial charge >= 0.3 is 0 Å². The Balaban J connectivity index is 1.26. The van der Waals surface area contributed by atoms with E-state index in [1.807, 2.05) is 17.0 Å². The molecule has 2 heterocycles. The number of allylic oxidation sites excluding steroid dienone is 2. The van der Waals surface area contributed by atoms with Crippen molar-refractivity contribution in [3.05, 3.63) is 81.7 Å². The third kappa shape index (κ3) is 3.78. The highest BCUT2D eigenvalue weighted by atomic mass is 16.2. The summed E-state index contributed by atoms with van der Waals surface area (Å²) in [6, 6.07) is 8.18. The number of carbonyl (C=O) groups is 2. The van der Waals surface area contributed by atoms with Gasteiger partial charge in [0.05, 0.1) is 5.69 Å². The maximum Gasteiger partial charge on any atom is 0.254 e. The highest BCUT2D eigenvalue weighted by Gasteiger charge is 2.31. The number of fused-ring (bicyclic) bond motifs is 2. The first-order chi connectivity index (χ1) is 16.1. The summed E-state index contributed by atoms with van der Waals surface area (Å²) in [6.07, 6.45) is 15.0. The van der Waals surface area contributed by atoms with Gasteiger partial charge < -0.3 is 4.90 Å². The zero-order chi connectivity index (χ0) is 22.5. The van der Waals surface area contributed by atoms with Crippen molar-refractivity contribution in [1.82, 2.24) is 9.88 Å². The number of ketones is 1. The second kappa shape index (κ2) is 7.95. The lowest BCUT2D eigenvalue weighted by Gasteiger charge is -2.32. The van der Waals surface area contributed by atoms with Crippen LogP contribution in [0, 0.1) is 11.8 Å². The summed E-state index contributed by atoms with van der Waals surface area (Å²) in [5.74, 6) is 0.893. The lowest BCUT2D eigenvalue weighted by Crippen LogP contribution is -2.38. The van der Waals surface area contributed by atoms with E-state index in [-0.39, 0.29) is 17.7 Å². The molecule has 1 fully saturated rings. The molecule has 0 saturated heterocycles. The summed E-state index contributed by atoms with van der Waals surface area (Å²) < 4.78 is 0. The van der Waals surface area contributed by atoms with Crippen molar-refractivity contribution >= 4 is 29.4 Å². The van der Waals surface area contributed by atoms with E-state index in [2.05, 4.69) is 49.4 Å². The van der Waals surface area contributed by atoms with Crippen molar-refractivity contribution in [2.45, 2.75) is 39.0 Å². The van der Waals surface area contributed by atoms with Gasteiger partial charge in [-0.15, -0.1) is 0 Å². The molecule has 4 nitrogen and oxygen atoms in total. The van der Waals surface area contributed by atoms with Crippen LogP contribution in [0.1, 0.15) is 63.8 Å². The van der Waals surface area contributed by atoms with E-state index in [1.165, 1.54) is 27.8 Å². The zero-order valence-electron chi connectivity index (χ0n) is 19.0. The number of hydrogen-bond acceptors (Lipinski definition) is 3. The van der Waals surface area contributed by atoms with Gasteiger partial charge in [-0.25, -0.2) is 0 Å². The summed E-state index contributed by atoms with van der Waals surface area (Å²) in [5, 5.41) is 0. The van der Waals surface area contributed by atoms with Crippen LogP contribution in [0.4, 0.5) is 0 Å². The normalized spacial score (nSPS) is 20.6. The fourth-order valence-electron chi connectivity index (χ4n) is 5.38. The molecule has 1 aliphatic heterocycles. The molecule has 3 aliphatic carbocycles. The molecular formula is C29H28N2O2. The summed E-state index contributed by atoms with van der Waals surface area (Å²) in [5.41, 5.74) is 8.83. The standard InChI is InChI=1S/C29H28N2O2/c1-18-17-31(29(33)22-11-8-19-4-2-5-21(19)14-22)13-12-24(18)26-15-23(16-28(32)20-9-10-20)30-27-7-3-6-25(26)27/h2-4,6,8,11-12,14-15,18,20H,5,7,9-10,13,16-17H2,1H3. The molecule has 4 heteroatoms. The maximum absolute atomic E-state index is 13.2. The van der Waals surface area contributed by atoms with Crippen LogP contribution in [0.25, 0.3) is 17.7 Å². The van der Waals surface area contributed by atoms with Gasteiger partial charge in [0.15, 0.2) is 0 Å². The van der Waals surface area contributed by atoms with Gasteiger partial charge in [-0.05, 0) is 65.6 Å². The molecular weight excluding hydrogens is 408 g/mol. The predicted molar refractivity (Wildman–Crippen MR) is 131 cm³/mol. The molecule has 1 unspecified atom stereocenters. The van der Waals surface area contributed by atoms with Crippen molar-refractivity contribution in [2.75, 3.05) is 13.1 Å². The maximum atomic E-state index is 13.2. The van der Waals surface area contributed by atoms with Crippen molar-refractivity contribution in [1.29, 1.82) is 0 Å². The van der Waals surface area contributed by atoms with Crippen LogP contribution in [0.2, 0.25) is 0 Å². The van der Waals surface area contributed by atoms with Crippen LogP contribution in [0.3, 0.4) is 0 Å². The first-order valence-electron chi connectivity index (χ1n) is 12.1. The smallest absolute Gasteiger partial charge is 0.254 e. The lowest BCUT2D eigenvalue weighted by atomic mass is 9.87. The molecule has 2 aromatic rings. The third-order valence-electron chi connectivity index (χ3n) is 7.35. The van der Waals surface area contributed by atoms with Gasteiger partial charge in [0, 0.05) is 48.7 Å². The Morgan fingerprint density at radius 1 is 1.09 bits per heavy atom. The fourth-order valence-corrected chi connectivity index (χ4v) is 5.38. The lowest BCUT2D eigenvalue weighted by molar-refractivity contribution is -0.119. The van der Waals surface area contributed by atoms with Crippen molar-refractivity contribution in [3.8, 4) is 0 Å². The molecule has 4 aliphatic rings. The molecule has 166 valence electrons. The van der Waals surface area contributed by atoms with Crippen LogP contribution in [0.5, 0.6) is 0 Å². The first-order valence-corrected chi connectivity index (χ1v) is 12.1. The molecule has 1 saturated carbocycles. The largest absolute Gasteiger partial charge is 0.334 e. The predicted octanol–water partition coefficient (Wildman–Crippen LogP) is 4.92. The second-order valence-electron chi connectivity index (χ2n) is 9.84. The number of nitrogens with zero attached hydrogens (tertiary/aromatic N) is 2. The number of amides is 1. The SMILES string of the molecule is CC1CN(C(=O)c2ccc3c(c2)CC=C3)CC=C1c1cc(CC(=O)C2CC2)nc2c1C=CC2. The second-order valence-corrected chi connectivity index (χ2v) is 9.84. The summed E-state index contributed by atoms with van der Waals surface area (Å²) in [7, 11) is 0. The Labute approximate surface area is 194 Å². The van der Waals surface area contributed by atoms with Crippen molar-refractivity contribution < 1.29 is 9.59 Å². The molecule has 0 radical (unpaired) electrons. The van der Waals surface area contributed by atoms with E-state index in [0.717, 1.165) is 42.6 Å². The molecule has 6 rings (SSSR count). The Hall–Kier alpha value is -3.27. The minimum atomic E-state index is 0.0995. The first kappa shape index (κ1) is 20.3. The zero-order valence-corrected chi connectivity index (χ0v) is 19.0. The van der Waals surface area contributed by atoms with E-state index in [1.54, 1.807) is 0 Å². The highest BCUT2D eigenvalue weighted by Crippen LogP contribution is 2.36. The monoisotopic (exact) mass is 436 g/mol. The Morgan fingerprint density at radius 2 is 1.94 bits per heavy atom. The van der Waals surface area contributed by atoms with E-state index in [0.29, 0.717) is 25.3 Å². The topological polar surface area (TPSA) is 50.3 Å². The third-order valence-corrected chi connectivity index (χ3v) is 7.35. The molecule has 0 N–H and O–H groups in total. The average Bonchev–Trinajstić information content (AvgIpc) is 3.38. The van der Waals surface area contributed by atoms with Crippen LogP contribution in [-0.4, -0.2) is 34.7 Å². The van der Waals surface area contributed by atoms with Gasteiger partial charge in [0.2, 0.25) is 0 Å². The van der Waals surface area contributed by atoms with E-state index >= 15 is 0 Å². The quantitative estimate of drug-likeness (QED) is 0.669. The van der Waals surface area contributed by atoms with Crippen LogP contribution in [0.15, 0.2) is 42.5 Å². The van der Waals surface area contributed by atoms with Crippen LogP contribution in [-0.2, 0) is 24.1 Å². The van der Waals surface area contributed by atoms with Gasteiger partial charge in [-0.3, -0.25) is 14.6 Å². The van der Waals surface area contributed by atoms with Gasteiger partial charge in [0.1, 0.15) is 5.78 Å². The number of benzene rings is 1. The van der Waals surface area contributed by atoms with Crippen molar-refractivity contribution in [3.63, 3.8) is 0 Å². The molecule has 1 amide bonds. The number of Topliss-reactive ketones (excluding diaryl/α,β-unsaturated/α-hetero) is 1. The van der Waals surface area contributed by atoms with Gasteiger partial charge in [0.25, 0.3) is 5.91 Å². The van der Waals surface area contributed by atoms with Gasteiger partial charge in [-0.2, -0.15) is 0 Å². The Kier molecular flexibility index (Phi) is 4.90. The summed E-state index contributed by atoms with van der Waals surface area (Å²) in [6.45, 7) is 3.49. The molecule has 0 spiro atoms. The molecule has 33 heavy (non-hydrogen) atoms. The minimum absolute atomic E-state index is 0.0995. The summed E-state index contributed by atoms with van der Waals surface area (Å²) in [4.78, 5) is 32.4. The number of rotatable bonds is 5. The number of hydrogen-bond donors (Lipinski definition) is 0. The van der Waals surface area contributed by atoms with E-state index in [4.69, 9.17) is 4.98 Å². The summed E-state index contributed by atoms with van der Waals surface area (Å²) >= 11 is 0. The van der Waals surface area contributed by atoms with E-state index in [9.17, 15) is 9.59 Å². The Bertz CT molecular complexity index is 1260. The molecule has 1 atom stereocenters. The molecule has 0 bridgehead atoms.